The van der Waals surface area contributed by atoms with Crippen LogP contribution in [0.25, 0.3) is 0 Å². The van der Waals surface area contributed by atoms with Gasteiger partial charge in [0.1, 0.15) is 5.56 Å². The van der Waals surface area contributed by atoms with Crippen molar-refractivity contribution in [2.75, 3.05) is 0 Å². The molecule has 18 heavy (non-hydrogen) atoms. The van der Waals surface area contributed by atoms with E-state index < -0.39 is 0 Å². The first-order chi connectivity index (χ1) is 8.58. The van der Waals surface area contributed by atoms with Crippen LogP contribution in [0.3, 0.4) is 0 Å². The Morgan fingerprint density at radius 1 is 1.39 bits per heavy atom. The second kappa shape index (κ2) is 5.18. The Morgan fingerprint density at radius 3 is 2.78 bits per heavy atom. The van der Waals surface area contributed by atoms with E-state index in [2.05, 4.69) is 10.3 Å². The molecule has 2 heterocycles. The maximum Gasteiger partial charge on any atom is 0.260 e. The molecule has 0 aliphatic rings. The third-order valence-corrected chi connectivity index (χ3v) is 3.67. The van der Waals surface area contributed by atoms with Gasteiger partial charge in [-0.1, -0.05) is 6.07 Å². The summed E-state index contributed by atoms with van der Waals surface area (Å²) in [5.41, 5.74) is 0.526. The third kappa shape index (κ3) is 2.68. The molecule has 2 N–H and O–H groups in total. The zero-order chi connectivity index (χ0) is 13.1. The molecular formula is C13H14N2O2S. The van der Waals surface area contributed by atoms with Crippen molar-refractivity contribution in [3.63, 3.8) is 0 Å². The van der Waals surface area contributed by atoms with Crippen LogP contribution in [-0.4, -0.2) is 10.9 Å². The minimum Gasteiger partial charge on any atom is -0.345 e. The molecular weight excluding hydrogens is 248 g/mol. The molecule has 0 saturated carbocycles. The number of hydrogen-bond acceptors (Lipinski definition) is 3. The van der Waals surface area contributed by atoms with Gasteiger partial charge < -0.3 is 10.3 Å². The Bertz CT molecular complexity index is 602. The maximum absolute atomic E-state index is 12.0. The first-order valence-electron chi connectivity index (χ1n) is 5.62. The van der Waals surface area contributed by atoms with E-state index in [4.69, 9.17) is 0 Å². The number of nitrogens with one attached hydrogen (secondary N) is 2. The summed E-state index contributed by atoms with van der Waals surface area (Å²) in [5, 5.41) is 4.77. The Hall–Kier alpha value is -1.88. The van der Waals surface area contributed by atoms with Crippen LogP contribution in [0, 0.1) is 6.92 Å². The topological polar surface area (TPSA) is 62.0 Å². The third-order valence-electron chi connectivity index (χ3n) is 2.62. The van der Waals surface area contributed by atoms with E-state index in [-0.39, 0.29) is 23.1 Å². The fourth-order valence-corrected chi connectivity index (χ4v) is 2.37. The lowest BCUT2D eigenvalue weighted by atomic mass is 10.2. The highest BCUT2D eigenvalue weighted by molar-refractivity contribution is 7.10. The number of rotatable bonds is 3. The summed E-state index contributed by atoms with van der Waals surface area (Å²) in [6, 6.07) is 7.05. The molecule has 2 aromatic heterocycles. The molecule has 1 amide bonds. The summed E-state index contributed by atoms with van der Waals surface area (Å²) in [5.74, 6) is -0.350. The summed E-state index contributed by atoms with van der Waals surface area (Å²) >= 11 is 1.57. The van der Waals surface area contributed by atoms with Crippen LogP contribution in [0.5, 0.6) is 0 Å². The number of amides is 1. The molecule has 2 rings (SSSR count). The average Bonchev–Trinajstić information content (AvgIpc) is 2.81. The minimum absolute atomic E-state index is 0.0989. The summed E-state index contributed by atoms with van der Waals surface area (Å²) < 4.78 is 0. The zero-order valence-electron chi connectivity index (χ0n) is 10.2. The van der Waals surface area contributed by atoms with Gasteiger partial charge in [-0.2, -0.15) is 0 Å². The van der Waals surface area contributed by atoms with Crippen molar-refractivity contribution in [1.82, 2.24) is 10.3 Å². The Balaban J connectivity index is 2.15. The van der Waals surface area contributed by atoms with Gasteiger partial charge in [-0.3, -0.25) is 9.59 Å². The number of H-pyrrole nitrogens is 1. The molecule has 0 aliphatic heterocycles. The number of hydrogen-bond donors (Lipinski definition) is 2. The first-order valence-corrected chi connectivity index (χ1v) is 6.50. The van der Waals surface area contributed by atoms with Crippen molar-refractivity contribution in [3.8, 4) is 0 Å². The fraction of sp³-hybridized carbons (Fsp3) is 0.231. The van der Waals surface area contributed by atoms with E-state index in [0.717, 1.165) is 10.6 Å². The summed E-state index contributed by atoms with van der Waals surface area (Å²) in [7, 11) is 0. The van der Waals surface area contributed by atoms with Gasteiger partial charge in [-0.25, -0.2) is 0 Å². The van der Waals surface area contributed by atoms with Crippen LogP contribution in [0.15, 0.2) is 34.4 Å². The van der Waals surface area contributed by atoms with Gasteiger partial charge in [0.05, 0.1) is 6.04 Å². The molecule has 94 valence electrons. The number of pyridine rings is 1. The predicted octanol–water partition coefficient (Wildman–Crippen LogP) is 2.24. The molecule has 5 heteroatoms. The summed E-state index contributed by atoms with van der Waals surface area (Å²) in [6.07, 6.45) is 0. The lowest BCUT2D eigenvalue weighted by molar-refractivity contribution is 0.0939. The normalized spacial score (nSPS) is 12.1. The van der Waals surface area contributed by atoms with Crippen molar-refractivity contribution in [3.05, 3.63) is 56.1 Å². The molecule has 0 aliphatic carbocycles. The van der Waals surface area contributed by atoms with E-state index in [0.29, 0.717) is 0 Å². The van der Waals surface area contributed by atoms with Gasteiger partial charge in [0.15, 0.2) is 0 Å². The molecule has 0 radical (unpaired) electrons. The van der Waals surface area contributed by atoms with E-state index in [1.54, 1.807) is 30.4 Å². The molecule has 0 spiro atoms. The monoisotopic (exact) mass is 262 g/mol. The molecule has 0 aromatic carbocycles. The van der Waals surface area contributed by atoms with Crippen LogP contribution in [0.2, 0.25) is 0 Å². The number of carbonyl (C=O) groups is 1. The van der Waals surface area contributed by atoms with Crippen molar-refractivity contribution in [2.24, 2.45) is 0 Å². The van der Waals surface area contributed by atoms with Gasteiger partial charge >= 0.3 is 0 Å². The number of aromatic amines is 1. The second-order valence-electron chi connectivity index (χ2n) is 4.09. The number of thiophene rings is 1. The van der Waals surface area contributed by atoms with E-state index >= 15 is 0 Å². The molecule has 0 saturated heterocycles. The predicted molar refractivity (Wildman–Crippen MR) is 72.0 cm³/mol. The number of carbonyl (C=O) groups excluding carboxylic acids is 1. The van der Waals surface area contributed by atoms with Crippen molar-refractivity contribution >= 4 is 17.2 Å². The Morgan fingerprint density at radius 2 is 2.17 bits per heavy atom. The molecule has 2 aromatic rings. The van der Waals surface area contributed by atoms with Crippen molar-refractivity contribution < 1.29 is 4.79 Å². The van der Waals surface area contributed by atoms with Crippen LogP contribution in [-0.2, 0) is 0 Å². The lowest BCUT2D eigenvalue weighted by Crippen LogP contribution is -2.31. The molecule has 0 bridgehead atoms. The Labute approximate surface area is 109 Å². The fourth-order valence-electron chi connectivity index (χ4n) is 1.63. The van der Waals surface area contributed by atoms with Gasteiger partial charge in [-0.05, 0) is 37.4 Å². The van der Waals surface area contributed by atoms with E-state index in [1.165, 1.54) is 0 Å². The first kappa shape index (κ1) is 12.6. The number of aromatic nitrogens is 1. The molecule has 0 unspecified atom stereocenters. The largest absolute Gasteiger partial charge is 0.345 e. The highest BCUT2D eigenvalue weighted by atomic mass is 32.1. The van der Waals surface area contributed by atoms with Gasteiger partial charge in [0.2, 0.25) is 0 Å². The van der Waals surface area contributed by atoms with Gasteiger partial charge in [0.25, 0.3) is 11.5 Å². The van der Waals surface area contributed by atoms with Crippen LogP contribution < -0.4 is 10.9 Å². The van der Waals surface area contributed by atoms with E-state index in [1.807, 2.05) is 24.4 Å². The number of aryl methyl sites for hydroxylation is 1. The van der Waals surface area contributed by atoms with Crippen molar-refractivity contribution in [2.45, 2.75) is 19.9 Å². The van der Waals surface area contributed by atoms with Gasteiger partial charge in [0, 0.05) is 10.6 Å². The minimum atomic E-state index is -0.356. The molecule has 1 atom stereocenters. The van der Waals surface area contributed by atoms with Crippen LogP contribution in [0.4, 0.5) is 0 Å². The highest BCUT2D eigenvalue weighted by Gasteiger charge is 2.14. The SMILES string of the molecule is Cc1ccc(C(=O)N[C@@H](C)c2cccs2)c(=O)[nH]1. The smallest absolute Gasteiger partial charge is 0.260 e. The summed E-state index contributed by atoms with van der Waals surface area (Å²) in [6.45, 7) is 3.67. The van der Waals surface area contributed by atoms with Gasteiger partial charge in [-0.15, -0.1) is 11.3 Å². The van der Waals surface area contributed by atoms with E-state index in [9.17, 15) is 9.59 Å². The lowest BCUT2D eigenvalue weighted by Gasteiger charge is -2.11. The quantitative estimate of drug-likeness (QED) is 0.891. The van der Waals surface area contributed by atoms with Crippen LogP contribution in [0.1, 0.15) is 33.9 Å². The maximum atomic E-state index is 12.0. The second-order valence-corrected chi connectivity index (χ2v) is 5.07. The highest BCUT2D eigenvalue weighted by Crippen LogP contribution is 2.18. The Kier molecular flexibility index (Phi) is 3.62. The van der Waals surface area contributed by atoms with Crippen LogP contribution >= 0.6 is 11.3 Å². The van der Waals surface area contributed by atoms with Crippen molar-refractivity contribution in [1.29, 1.82) is 0 Å². The zero-order valence-corrected chi connectivity index (χ0v) is 11.0. The summed E-state index contributed by atoms with van der Waals surface area (Å²) in [4.78, 5) is 27.3. The molecule has 4 nitrogen and oxygen atoms in total. The molecule has 0 fully saturated rings. The standard InChI is InChI=1S/C13H14N2O2S/c1-8-5-6-10(12(16)14-8)13(17)15-9(2)11-4-3-7-18-11/h3-7,9H,1-2H3,(H,14,16)(H,15,17)/t9-/m0/s1. The average molecular weight is 262 g/mol.